The standard InChI is InChI=1S/C14H19FN2O2S/c1-9-6-13(14(17(18)19)8-12(9)15)16-10-4-3-5-11(7-10)20-2/h6,8,10-11,16H,3-5,7H2,1-2H3. The molecule has 0 spiro atoms. The van der Waals surface area contributed by atoms with Crippen LogP contribution in [0.15, 0.2) is 12.1 Å². The predicted octanol–water partition coefficient (Wildman–Crippen LogP) is 4.13. The molecule has 0 bridgehead atoms. The Hall–Kier alpha value is -1.30. The number of hydrogen-bond donors (Lipinski definition) is 1. The van der Waals surface area contributed by atoms with Gasteiger partial charge in [-0.15, -0.1) is 0 Å². The molecule has 0 amide bonds. The van der Waals surface area contributed by atoms with Crippen molar-refractivity contribution in [3.8, 4) is 0 Å². The van der Waals surface area contributed by atoms with Crippen LogP contribution in [-0.2, 0) is 0 Å². The summed E-state index contributed by atoms with van der Waals surface area (Å²) in [7, 11) is 0. The third-order valence-corrected chi connectivity index (χ3v) is 4.89. The number of anilines is 1. The van der Waals surface area contributed by atoms with Gasteiger partial charge < -0.3 is 5.32 Å². The molecule has 1 N–H and O–H groups in total. The first-order chi connectivity index (χ1) is 9.51. The number of nitrogens with zero attached hydrogens (tertiary/aromatic N) is 1. The molecular weight excluding hydrogens is 279 g/mol. The maximum atomic E-state index is 13.5. The highest BCUT2D eigenvalue weighted by molar-refractivity contribution is 7.99. The van der Waals surface area contributed by atoms with Crippen LogP contribution < -0.4 is 5.32 Å². The van der Waals surface area contributed by atoms with E-state index in [-0.39, 0.29) is 11.7 Å². The van der Waals surface area contributed by atoms with Crippen LogP contribution in [0.5, 0.6) is 0 Å². The summed E-state index contributed by atoms with van der Waals surface area (Å²) in [4.78, 5) is 10.5. The number of rotatable bonds is 4. The summed E-state index contributed by atoms with van der Waals surface area (Å²) in [6.45, 7) is 1.62. The van der Waals surface area contributed by atoms with E-state index in [0.29, 0.717) is 16.5 Å². The highest BCUT2D eigenvalue weighted by Crippen LogP contribution is 2.33. The second-order valence-corrected chi connectivity index (χ2v) is 6.38. The highest BCUT2D eigenvalue weighted by atomic mass is 32.2. The van der Waals surface area contributed by atoms with Gasteiger partial charge in [0.2, 0.25) is 0 Å². The maximum Gasteiger partial charge on any atom is 0.295 e. The van der Waals surface area contributed by atoms with Crippen LogP contribution in [0.4, 0.5) is 15.8 Å². The lowest BCUT2D eigenvalue weighted by molar-refractivity contribution is -0.384. The number of nitrogens with one attached hydrogen (secondary N) is 1. The quantitative estimate of drug-likeness (QED) is 0.671. The van der Waals surface area contributed by atoms with Gasteiger partial charge in [0.15, 0.2) is 0 Å². The molecule has 4 nitrogen and oxygen atoms in total. The van der Waals surface area contributed by atoms with Crippen LogP contribution in [0.25, 0.3) is 0 Å². The van der Waals surface area contributed by atoms with Gasteiger partial charge in [-0.3, -0.25) is 10.1 Å². The minimum atomic E-state index is -0.534. The Morgan fingerprint density at radius 3 is 2.85 bits per heavy atom. The molecule has 0 heterocycles. The molecule has 1 aromatic carbocycles. The van der Waals surface area contributed by atoms with Gasteiger partial charge in [-0.05, 0) is 44.1 Å². The Morgan fingerprint density at radius 2 is 2.20 bits per heavy atom. The van der Waals surface area contributed by atoms with Gasteiger partial charge in [0.05, 0.1) is 11.0 Å². The molecule has 2 rings (SSSR count). The van der Waals surface area contributed by atoms with Gasteiger partial charge in [0, 0.05) is 11.3 Å². The molecule has 6 heteroatoms. The van der Waals surface area contributed by atoms with Gasteiger partial charge in [0.25, 0.3) is 5.69 Å². The zero-order valence-electron chi connectivity index (χ0n) is 11.7. The molecule has 1 aliphatic rings. The van der Waals surface area contributed by atoms with E-state index in [4.69, 9.17) is 0 Å². The fourth-order valence-electron chi connectivity index (χ4n) is 2.65. The van der Waals surface area contributed by atoms with Crippen molar-refractivity contribution in [2.45, 2.75) is 43.9 Å². The molecular formula is C14H19FN2O2S. The molecule has 0 aliphatic heterocycles. The second kappa shape index (κ2) is 6.43. The van der Waals surface area contributed by atoms with E-state index in [9.17, 15) is 14.5 Å². The van der Waals surface area contributed by atoms with Crippen molar-refractivity contribution in [3.63, 3.8) is 0 Å². The number of hydrogen-bond acceptors (Lipinski definition) is 4. The number of nitro benzene ring substituents is 1. The van der Waals surface area contributed by atoms with E-state index in [1.54, 1.807) is 6.92 Å². The van der Waals surface area contributed by atoms with Gasteiger partial charge in [-0.1, -0.05) is 6.42 Å². The van der Waals surface area contributed by atoms with Crippen molar-refractivity contribution >= 4 is 23.1 Å². The van der Waals surface area contributed by atoms with E-state index in [0.717, 1.165) is 25.3 Å². The third-order valence-electron chi connectivity index (χ3n) is 3.79. The van der Waals surface area contributed by atoms with E-state index in [2.05, 4.69) is 11.6 Å². The molecule has 2 atom stereocenters. The van der Waals surface area contributed by atoms with Crippen molar-refractivity contribution < 1.29 is 9.31 Å². The summed E-state index contributed by atoms with van der Waals surface area (Å²) < 4.78 is 13.5. The first kappa shape index (κ1) is 15.1. The van der Waals surface area contributed by atoms with Crippen molar-refractivity contribution in [3.05, 3.63) is 33.6 Å². The molecule has 1 aliphatic carbocycles. The van der Waals surface area contributed by atoms with Gasteiger partial charge in [-0.2, -0.15) is 11.8 Å². The largest absolute Gasteiger partial charge is 0.377 e. The summed E-state index contributed by atoms with van der Waals surface area (Å²) in [6.07, 6.45) is 6.41. The minimum absolute atomic E-state index is 0.181. The lowest BCUT2D eigenvalue weighted by atomic mass is 9.94. The number of halogens is 1. The van der Waals surface area contributed by atoms with Gasteiger partial charge >= 0.3 is 0 Å². The van der Waals surface area contributed by atoms with E-state index in [1.165, 1.54) is 12.5 Å². The fraction of sp³-hybridized carbons (Fsp3) is 0.571. The lowest BCUT2D eigenvalue weighted by Crippen LogP contribution is -2.28. The number of nitro groups is 1. The Labute approximate surface area is 122 Å². The van der Waals surface area contributed by atoms with Crippen molar-refractivity contribution in [2.75, 3.05) is 11.6 Å². The minimum Gasteiger partial charge on any atom is -0.377 e. The fourth-order valence-corrected chi connectivity index (χ4v) is 3.47. The highest BCUT2D eigenvalue weighted by Gasteiger charge is 2.24. The zero-order valence-corrected chi connectivity index (χ0v) is 12.5. The average Bonchev–Trinajstić information content (AvgIpc) is 2.42. The van der Waals surface area contributed by atoms with Crippen LogP contribution in [0.3, 0.4) is 0 Å². The van der Waals surface area contributed by atoms with Crippen molar-refractivity contribution in [1.29, 1.82) is 0 Å². The summed E-state index contributed by atoms with van der Waals surface area (Å²) in [5, 5.41) is 14.9. The van der Waals surface area contributed by atoms with Crippen molar-refractivity contribution in [2.24, 2.45) is 0 Å². The second-order valence-electron chi connectivity index (χ2n) is 5.24. The third kappa shape index (κ3) is 3.42. The summed E-state index contributed by atoms with van der Waals surface area (Å²) >= 11 is 1.84. The molecule has 1 aromatic rings. The molecule has 2 unspecified atom stereocenters. The van der Waals surface area contributed by atoms with Crippen LogP contribution >= 0.6 is 11.8 Å². The monoisotopic (exact) mass is 298 g/mol. The van der Waals surface area contributed by atoms with Crippen LogP contribution in [0, 0.1) is 22.9 Å². The maximum absolute atomic E-state index is 13.5. The van der Waals surface area contributed by atoms with Gasteiger partial charge in [0.1, 0.15) is 11.5 Å². The molecule has 110 valence electrons. The number of aryl methyl sites for hydroxylation is 1. The molecule has 20 heavy (non-hydrogen) atoms. The van der Waals surface area contributed by atoms with E-state index >= 15 is 0 Å². The summed E-state index contributed by atoms with van der Waals surface area (Å²) in [5.74, 6) is -0.534. The van der Waals surface area contributed by atoms with Crippen molar-refractivity contribution in [1.82, 2.24) is 0 Å². The SMILES string of the molecule is CSC1CCCC(Nc2cc(C)c(F)cc2[N+](=O)[O-])C1. The Bertz CT molecular complexity index is 510. The molecule has 1 fully saturated rings. The van der Waals surface area contributed by atoms with Gasteiger partial charge in [-0.25, -0.2) is 4.39 Å². The normalized spacial score (nSPS) is 22.6. The number of thioether (sulfide) groups is 1. The first-order valence-electron chi connectivity index (χ1n) is 6.75. The summed E-state index contributed by atoms with van der Waals surface area (Å²) in [5.41, 5.74) is 0.676. The van der Waals surface area contributed by atoms with Crippen LogP contribution in [0.2, 0.25) is 0 Å². The molecule has 0 saturated heterocycles. The summed E-state index contributed by atoms with van der Waals surface area (Å²) in [6, 6.07) is 2.77. The van der Waals surface area contributed by atoms with E-state index in [1.807, 2.05) is 11.8 Å². The lowest BCUT2D eigenvalue weighted by Gasteiger charge is -2.29. The van der Waals surface area contributed by atoms with Crippen LogP contribution in [0.1, 0.15) is 31.2 Å². The van der Waals surface area contributed by atoms with E-state index < -0.39 is 10.7 Å². The predicted molar refractivity (Wildman–Crippen MR) is 81.0 cm³/mol. The zero-order chi connectivity index (χ0) is 14.7. The average molecular weight is 298 g/mol. The molecule has 0 aromatic heterocycles. The first-order valence-corrected chi connectivity index (χ1v) is 8.04. The Kier molecular flexibility index (Phi) is 4.86. The van der Waals surface area contributed by atoms with Crippen LogP contribution in [-0.4, -0.2) is 22.5 Å². The topological polar surface area (TPSA) is 55.2 Å². The molecule has 0 radical (unpaired) electrons. The Balaban J connectivity index is 2.19. The smallest absolute Gasteiger partial charge is 0.295 e. The molecule has 1 saturated carbocycles. The number of benzene rings is 1. The Morgan fingerprint density at radius 1 is 1.45 bits per heavy atom.